The highest BCUT2D eigenvalue weighted by Gasteiger charge is 2.19. The van der Waals surface area contributed by atoms with Crippen LogP contribution in [-0.2, 0) is 0 Å². The fourth-order valence-electron chi connectivity index (χ4n) is 1.29. The van der Waals surface area contributed by atoms with E-state index >= 15 is 0 Å². The van der Waals surface area contributed by atoms with Crippen LogP contribution in [0.5, 0.6) is 5.75 Å². The molecule has 0 spiro atoms. The van der Waals surface area contributed by atoms with Crippen molar-refractivity contribution in [3.05, 3.63) is 17.8 Å². The van der Waals surface area contributed by atoms with E-state index < -0.39 is 12.2 Å². The summed E-state index contributed by atoms with van der Waals surface area (Å²) in [5.74, 6) is 0.649. The minimum atomic E-state index is -0.987. The molecule has 0 aliphatic rings. The number of nitrogen functional groups attached to an aromatic ring is 1. The van der Waals surface area contributed by atoms with Crippen molar-refractivity contribution in [3.8, 4) is 5.75 Å². The summed E-state index contributed by atoms with van der Waals surface area (Å²) in [7, 11) is 1.47. The van der Waals surface area contributed by atoms with Crippen molar-refractivity contribution in [1.82, 2.24) is 4.98 Å². The summed E-state index contributed by atoms with van der Waals surface area (Å²) < 4.78 is 4.99. The number of anilines is 1. The first-order valence-corrected chi connectivity index (χ1v) is 5.93. The Morgan fingerprint density at radius 3 is 2.81 bits per heavy atom. The summed E-state index contributed by atoms with van der Waals surface area (Å²) in [6, 6.07) is 1.57. The van der Waals surface area contributed by atoms with Crippen LogP contribution < -0.4 is 10.5 Å². The second-order valence-electron chi connectivity index (χ2n) is 3.35. The monoisotopic (exact) mass is 290 g/mol. The maximum Gasteiger partial charge on any atom is 0.166 e. The molecule has 90 valence electrons. The zero-order valence-electron chi connectivity index (χ0n) is 8.93. The molecule has 16 heavy (non-hydrogen) atoms. The van der Waals surface area contributed by atoms with E-state index in [-0.39, 0.29) is 5.82 Å². The molecule has 1 rings (SSSR count). The van der Waals surface area contributed by atoms with Crippen LogP contribution in [0.1, 0.15) is 18.1 Å². The number of methoxy groups -OCH3 is 1. The molecule has 0 amide bonds. The van der Waals surface area contributed by atoms with Gasteiger partial charge < -0.3 is 20.7 Å². The minimum Gasteiger partial charge on any atom is -0.493 e. The Morgan fingerprint density at radius 2 is 2.25 bits per heavy atom. The molecule has 1 aromatic rings. The van der Waals surface area contributed by atoms with Crippen molar-refractivity contribution in [2.75, 3.05) is 18.2 Å². The number of aliphatic hydroxyl groups excluding tert-OH is 2. The van der Waals surface area contributed by atoms with Crippen LogP contribution in [-0.4, -0.2) is 33.7 Å². The van der Waals surface area contributed by atoms with Gasteiger partial charge in [0, 0.05) is 17.1 Å². The Labute approximate surface area is 102 Å². The number of alkyl halides is 1. The molecular formula is C10H15BrN2O3. The Morgan fingerprint density at radius 1 is 1.56 bits per heavy atom. The predicted molar refractivity (Wildman–Crippen MR) is 64.6 cm³/mol. The van der Waals surface area contributed by atoms with E-state index in [2.05, 4.69) is 20.9 Å². The number of nitrogens with zero attached hydrogens (tertiary/aromatic N) is 1. The molecule has 0 aliphatic carbocycles. The van der Waals surface area contributed by atoms with Crippen LogP contribution in [0, 0.1) is 0 Å². The van der Waals surface area contributed by atoms with Crippen LogP contribution in [0.4, 0.5) is 5.82 Å². The number of rotatable bonds is 5. The van der Waals surface area contributed by atoms with Gasteiger partial charge in [-0.15, -0.1) is 0 Å². The van der Waals surface area contributed by atoms with Gasteiger partial charge in [0.2, 0.25) is 0 Å². The van der Waals surface area contributed by atoms with Gasteiger partial charge in [0.25, 0.3) is 0 Å². The van der Waals surface area contributed by atoms with E-state index in [0.29, 0.717) is 23.1 Å². The van der Waals surface area contributed by atoms with E-state index in [4.69, 9.17) is 10.5 Å². The molecule has 2 unspecified atom stereocenters. The second-order valence-corrected chi connectivity index (χ2v) is 4.14. The van der Waals surface area contributed by atoms with Gasteiger partial charge in [0.15, 0.2) is 11.6 Å². The molecule has 0 saturated carbocycles. The van der Waals surface area contributed by atoms with Gasteiger partial charge in [0.1, 0.15) is 6.10 Å². The van der Waals surface area contributed by atoms with E-state index in [9.17, 15) is 10.2 Å². The topological polar surface area (TPSA) is 88.6 Å². The first kappa shape index (κ1) is 13.2. The van der Waals surface area contributed by atoms with Gasteiger partial charge in [-0.2, -0.15) is 0 Å². The largest absolute Gasteiger partial charge is 0.493 e. The molecule has 0 bridgehead atoms. The molecule has 6 heteroatoms. The van der Waals surface area contributed by atoms with E-state index in [0.717, 1.165) is 0 Å². The second kappa shape index (κ2) is 6.03. The summed E-state index contributed by atoms with van der Waals surface area (Å²) in [5.41, 5.74) is 6.03. The van der Waals surface area contributed by atoms with Crippen molar-refractivity contribution in [1.29, 1.82) is 0 Å². The highest BCUT2D eigenvalue weighted by atomic mass is 79.9. The number of ether oxygens (including phenoxy) is 1. The summed E-state index contributed by atoms with van der Waals surface area (Å²) in [5, 5.41) is 20.1. The lowest BCUT2D eigenvalue weighted by molar-refractivity contribution is 0.0171. The van der Waals surface area contributed by atoms with Crippen molar-refractivity contribution < 1.29 is 14.9 Å². The first-order valence-electron chi connectivity index (χ1n) is 4.81. The van der Waals surface area contributed by atoms with Gasteiger partial charge in [0.05, 0.1) is 13.2 Å². The molecule has 1 aromatic heterocycles. The zero-order valence-corrected chi connectivity index (χ0v) is 10.5. The van der Waals surface area contributed by atoms with Crippen LogP contribution in [0.25, 0.3) is 0 Å². The van der Waals surface area contributed by atoms with Crippen molar-refractivity contribution >= 4 is 21.7 Å². The fourth-order valence-corrected chi connectivity index (χ4v) is 1.76. The molecule has 4 N–H and O–H groups in total. The smallest absolute Gasteiger partial charge is 0.166 e. The summed E-state index contributed by atoms with van der Waals surface area (Å²) in [6.07, 6.45) is 0.0578. The maximum atomic E-state index is 9.82. The Bertz CT molecular complexity index is 349. The van der Waals surface area contributed by atoms with Gasteiger partial charge in [-0.05, 0) is 12.5 Å². The van der Waals surface area contributed by atoms with Gasteiger partial charge >= 0.3 is 0 Å². The standard InChI is InChI=1S/C10H15BrN2O3/c1-16-8-4-6(5-13-10(8)12)9(15)7(14)2-3-11/h4-5,7,9,14-15H,2-3H2,1H3,(H2,12,13). The predicted octanol–water partition coefficient (Wildman–Crippen LogP) is 0.852. The van der Waals surface area contributed by atoms with Gasteiger partial charge in [-0.1, -0.05) is 15.9 Å². The van der Waals surface area contributed by atoms with Crippen LogP contribution in [0.15, 0.2) is 12.3 Å². The number of aromatic nitrogens is 1. The Balaban J connectivity index is 2.87. The Hall–Kier alpha value is -0.850. The summed E-state index contributed by atoms with van der Waals surface area (Å²) >= 11 is 3.20. The average molecular weight is 291 g/mol. The third-order valence-electron chi connectivity index (χ3n) is 2.23. The molecule has 0 saturated heterocycles. The summed E-state index contributed by atoms with van der Waals surface area (Å²) in [4.78, 5) is 3.88. The molecule has 2 atom stereocenters. The van der Waals surface area contributed by atoms with Crippen molar-refractivity contribution in [3.63, 3.8) is 0 Å². The highest BCUT2D eigenvalue weighted by Crippen LogP contribution is 2.25. The number of aliphatic hydroxyl groups is 2. The molecule has 0 aliphatic heterocycles. The highest BCUT2D eigenvalue weighted by molar-refractivity contribution is 9.09. The van der Waals surface area contributed by atoms with Crippen LogP contribution in [0.2, 0.25) is 0 Å². The Kier molecular flexibility index (Phi) is 4.98. The van der Waals surface area contributed by atoms with Crippen molar-refractivity contribution in [2.24, 2.45) is 0 Å². The SMILES string of the molecule is COc1cc(C(O)C(O)CCBr)cnc1N. The number of hydrogen-bond acceptors (Lipinski definition) is 5. The number of pyridine rings is 1. The molecule has 0 aromatic carbocycles. The molecular weight excluding hydrogens is 276 g/mol. The van der Waals surface area contributed by atoms with Gasteiger partial charge in [-0.25, -0.2) is 4.98 Å². The number of halogens is 1. The van der Waals surface area contributed by atoms with Crippen LogP contribution in [0.3, 0.4) is 0 Å². The van der Waals surface area contributed by atoms with E-state index in [1.807, 2.05) is 0 Å². The maximum absolute atomic E-state index is 9.82. The van der Waals surface area contributed by atoms with E-state index in [1.54, 1.807) is 6.07 Å². The zero-order chi connectivity index (χ0) is 12.1. The number of hydrogen-bond donors (Lipinski definition) is 3. The first-order chi connectivity index (χ1) is 7.60. The normalized spacial score (nSPS) is 14.5. The van der Waals surface area contributed by atoms with E-state index in [1.165, 1.54) is 13.3 Å². The molecule has 0 radical (unpaired) electrons. The molecule has 5 nitrogen and oxygen atoms in total. The molecule has 0 fully saturated rings. The van der Waals surface area contributed by atoms with Gasteiger partial charge in [-0.3, -0.25) is 0 Å². The number of nitrogens with two attached hydrogens (primary N) is 1. The fraction of sp³-hybridized carbons (Fsp3) is 0.500. The lowest BCUT2D eigenvalue weighted by Gasteiger charge is -2.17. The van der Waals surface area contributed by atoms with Crippen LogP contribution >= 0.6 is 15.9 Å². The lowest BCUT2D eigenvalue weighted by atomic mass is 10.0. The minimum absolute atomic E-state index is 0.258. The van der Waals surface area contributed by atoms with Crippen molar-refractivity contribution in [2.45, 2.75) is 18.6 Å². The lowest BCUT2D eigenvalue weighted by Crippen LogP contribution is -2.19. The third-order valence-corrected chi connectivity index (χ3v) is 2.69. The summed E-state index contributed by atoms with van der Waals surface area (Å²) in [6.45, 7) is 0. The average Bonchev–Trinajstić information content (AvgIpc) is 2.29. The molecule has 1 heterocycles. The quantitative estimate of drug-likeness (QED) is 0.700. The third kappa shape index (κ3) is 3.07.